The third kappa shape index (κ3) is 3.92. The summed E-state index contributed by atoms with van der Waals surface area (Å²) in [5.41, 5.74) is 0.800. The molecule has 0 amide bonds. The van der Waals surface area contributed by atoms with Crippen LogP contribution in [0.3, 0.4) is 0 Å². The van der Waals surface area contributed by atoms with E-state index in [0.29, 0.717) is 0 Å². The maximum atomic E-state index is 12.3. The molecular formula is C14H16N2O4S2. The molecule has 2 aromatic carbocycles. The van der Waals surface area contributed by atoms with Gasteiger partial charge in [0.1, 0.15) is 0 Å². The second-order valence-electron chi connectivity index (χ2n) is 4.77. The molecule has 0 saturated carbocycles. The second kappa shape index (κ2) is 6.17. The monoisotopic (exact) mass is 340 g/mol. The molecule has 0 heterocycles. The molecule has 118 valence electrons. The molecule has 0 spiro atoms. The van der Waals surface area contributed by atoms with Crippen molar-refractivity contribution < 1.29 is 16.8 Å². The lowest BCUT2D eigenvalue weighted by Gasteiger charge is -2.15. The summed E-state index contributed by atoms with van der Waals surface area (Å²) in [6.07, 6.45) is 0. The summed E-state index contributed by atoms with van der Waals surface area (Å²) in [6.45, 7) is 1.70. The molecule has 0 saturated heterocycles. The first-order valence-corrected chi connectivity index (χ1v) is 9.43. The van der Waals surface area contributed by atoms with E-state index in [4.69, 9.17) is 5.14 Å². The van der Waals surface area contributed by atoms with Crippen molar-refractivity contribution in [2.45, 2.75) is 22.8 Å². The molecule has 0 aliphatic rings. The van der Waals surface area contributed by atoms with Crippen LogP contribution in [0.1, 0.15) is 18.5 Å². The Morgan fingerprint density at radius 1 is 0.909 bits per heavy atom. The minimum absolute atomic E-state index is 0.151. The Balaban J connectivity index is 2.32. The zero-order chi connectivity index (χ0) is 16.4. The summed E-state index contributed by atoms with van der Waals surface area (Å²) in [5, 5.41) is 5.02. The lowest BCUT2D eigenvalue weighted by molar-refractivity contribution is 0.566. The Morgan fingerprint density at radius 3 is 2.09 bits per heavy atom. The molecule has 0 aromatic heterocycles. The van der Waals surface area contributed by atoms with Gasteiger partial charge < -0.3 is 0 Å². The number of benzene rings is 2. The number of primary sulfonamides is 1. The summed E-state index contributed by atoms with van der Waals surface area (Å²) < 4.78 is 49.8. The molecule has 1 atom stereocenters. The zero-order valence-electron chi connectivity index (χ0n) is 11.8. The van der Waals surface area contributed by atoms with Crippen LogP contribution in [0.2, 0.25) is 0 Å². The van der Waals surface area contributed by atoms with E-state index in [1.54, 1.807) is 19.1 Å². The maximum absolute atomic E-state index is 12.3. The molecule has 6 nitrogen and oxygen atoms in total. The quantitative estimate of drug-likeness (QED) is 0.857. The minimum atomic E-state index is -3.96. The van der Waals surface area contributed by atoms with Crippen molar-refractivity contribution in [2.75, 3.05) is 0 Å². The van der Waals surface area contributed by atoms with Crippen LogP contribution in [0.4, 0.5) is 0 Å². The van der Waals surface area contributed by atoms with E-state index in [0.717, 1.165) is 11.6 Å². The molecule has 0 fully saturated rings. The average molecular weight is 340 g/mol. The van der Waals surface area contributed by atoms with Gasteiger partial charge in [-0.2, -0.15) is 0 Å². The molecular weight excluding hydrogens is 324 g/mol. The van der Waals surface area contributed by atoms with Crippen LogP contribution in [0.5, 0.6) is 0 Å². The van der Waals surface area contributed by atoms with Crippen molar-refractivity contribution in [3.05, 3.63) is 60.2 Å². The largest absolute Gasteiger partial charge is 0.241 e. The van der Waals surface area contributed by atoms with Crippen LogP contribution in [0.25, 0.3) is 0 Å². The number of hydrogen-bond acceptors (Lipinski definition) is 4. The highest BCUT2D eigenvalue weighted by molar-refractivity contribution is 7.90. The lowest BCUT2D eigenvalue weighted by Crippen LogP contribution is -2.27. The fourth-order valence-electron chi connectivity index (χ4n) is 1.93. The van der Waals surface area contributed by atoms with Gasteiger partial charge in [0.2, 0.25) is 20.0 Å². The standard InChI is InChI=1S/C14H16N2O4S2/c1-11(12-6-3-2-4-7-12)16-22(19,20)14-9-5-8-13(10-14)21(15,17)18/h2-11,16H,1H3,(H2,15,17,18)/t11-/m1/s1. The summed E-state index contributed by atoms with van der Waals surface area (Å²) in [4.78, 5) is -0.399. The van der Waals surface area contributed by atoms with Crippen LogP contribution in [0.15, 0.2) is 64.4 Å². The molecule has 0 unspecified atom stereocenters. The van der Waals surface area contributed by atoms with Gasteiger partial charge >= 0.3 is 0 Å². The van der Waals surface area contributed by atoms with Gasteiger partial charge in [0.05, 0.1) is 9.79 Å². The van der Waals surface area contributed by atoms with Gasteiger partial charge in [-0.05, 0) is 30.7 Å². The highest BCUT2D eigenvalue weighted by Crippen LogP contribution is 2.18. The summed E-state index contributed by atoms with van der Waals surface area (Å²) >= 11 is 0. The van der Waals surface area contributed by atoms with Crippen molar-refractivity contribution in [1.29, 1.82) is 0 Å². The molecule has 0 aliphatic carbocycles. The number of rotatable bonds is 5. The van der Waals surface area contributed by atoms with E-state index in [1.165, 1.54) is 18.2 Å². The summed E-state index contributed by atoms with van der Waals surface area (Å²) in [5.74, 6) is 0. The van der Waals surface area contributed by atoms with E-state index in [2.05, 4.69) is 4.72 Å². The normalized spacial score (nSPS) is 13.7. The van der Waals surface area contributed by atoms with Gasteiger partial charge in [0.15, 0.2) is 0 Å². The van der Waals surface area contributed by atoms with E-state index in [1.807, 2.05) is 18.2 Å². The summed E-state index contributed by atoms with van der Waals surface area (Å²) in [7, 11) is -7.82. The molecule has 0 bridgehead atoms. The molecule has 0 radical (unpaired) electrons. The third-order valence-electron chi connectivity index (χ3n) is 3.08. The van der Waals surface area contributed by atoms with Crippen LogP contribution in [0, 0.1) is 0 Å². The second-order valence-corrected chi connectivity index (χ2v) is 8.05. The number of nitrogens with one attached hydrogen (secondary N) is 1. The number of sulfonamides is 2. The first kappa shape index (κ1) is 16.6. The van der Waals surface area contributed by atoms with Crippen molar-refractivity contribution >= 4 is 20.0 Å². The van der Waals surface area contributed by atoms with Crippen LogP contribution in [-0.2, 0) is 20.0 Å². The number of hydrogen-bond donors (Lipinski definition) is 2. The predicted molar refractivity (Wildman–Crippen MR) is 83.0 cm³/mol. The van der Waals surface area contributed by atoms with Crippen molar-refractivity contribution in [3.8, 4) is 0 Å². The Morgan fingerprint density at radius 2 is 1.50 bits per heavy atom. The first-order valence-electron chi connectivity index (χ1n) is 6.40. The Hall–Kier alpha value is -1.74. The van der Waals surface area contributed by atoms with Crippen LogP contribution < -0.4 is 9.86 Å². The Bertz CT molecular complexity index is 863. The predicted octanol–water partition coefficient (Wildman–Crippen LogP) is 1.37. The van der Waals surface area contributed by atoms with E-state index in [9.17, 15) is 16.8 Å². The minimum Gasteiger partial charge on any atom is -0.225 e. The molecule has 8 heteroatoms. The summed E-state index contributed by atoms with van der Waals surface area (Å²) in [6, 6.07) is 13.5. The van der Waals surface area contributed by atoms with E-state index >= 15 is 0 Å². The highest BCUT2D eigenvalue weighted by atomic mass is 32.2. The third-order valence-corrected chi connectivity index (χ3v) is 5.53. The first-order chi connectivity index (χ1) is 10.2. The van der Waals surface area contributed by atoms with Crippen LogP contribution in [-0.4, -0.2) is 16.8 Å². The molecule has 2 aromatic rings. The molecule has 2 rings (SSSR count). The number of nitrogens with two attached hydrogens (primary N) is 1. The van der Waals surface area contributed by atoms with E-state index < -0.39 is 26.1 Å². The molecule has 22 heavy (non-hydrogen) atoms. The van der Waals surface area contributed by atoms with Gasteiger partial charge in [-0.25, -0.2) is 26.7 Å². The zero-order valence-corrected chi connectivity index (χ0v) is 13.4. The Kier molecular flexibility index (Phi) is 4.66. The van der Waals surface area contributed by atoms with Gasteiger partial charge in [0.25, 0.3) is 0 Å². The smallest absolute Gasteiger partial charge is 0.225 e. The van der Waals surface area contributed by atoms with Gasteiger partial charge in [-0.15, -0.1) is 0 Å². The lowest BCUT2D eigenvalue weighted by atomic mass is 10.1. The fraction of sp³-hybridized carbons (Fsp3) is 0.143. The van der Waals surface area contributed by atoms with Crippen molar-refractivity contribution in [3.63, 3.8) is 0 Å². The van der Waals surface area contributed by atoms with Gasteiger partial charge in [-0.3, -0.25) is 0 Å². The van der Waals surface area contributed by atoms with Crippen LogP contribution >= 0.6 is 0 Å². The Labute approximate surface area is 130 Å². The highest BCUT2D eigenvalue weighted by Gasteiger charge is 2.20. The molecule has 3 N–H and O–H groups in total. The SMILES string of the molecule is C[C@@H](NS(=O)(=O)c1cccc(S(N)(=O)=O)c1)c1ccccc1. The van der Waals surface area contributed by atoms with Crippen molar-refractivity contribution in [1.82, 2.24) is 4.72 Å². The van der Waals surface area contributed by atoms with E-state index in [-0.39, 0.29) is 9.79 Å². The average Bonchev–Trinajstić information content (AvgIpc) is 2.47. The maximum Gasteiger partial charge on any atom is 0.241 e. The van der Waals surface area contributed by atoms with Crippen molar-refractivity contribution in [2.24, 2.45) is 5.14 Å². The molecule has 0 aliphatic heterocycles. The van der Waals surface area contributed by atoms with Gasteiger partial charge in [-0.1, -0.05) is 36.4 Å². The van der Waals surface area contributed by atoms with Gasteiger partial charge in [0, 0.05) is 6.04 Å². The topological polar surface area (TPSA) is 106 Å². The fourth-order valence-corrected chi connectivity index (χ4v) is 3.84.